The molecule has 0 aliphatic heterocycles. The van der Waals surface area contributed by atoms with Gasteiger partial charge in [-0.25, -0.2) is 0 Å². The number of pyridine rings is 1. The first-order valence-electron chi connectivity index (χ1n) is 3.75. The van der Waals surface area contributed by atoms with Crippen LogP contribution in [0.5, 0.6) is 0 Å². The van der Waals surface area contributed by atoms with Crippen molar-refractivity contribution in [2.75, 3.05) is 5.73 Å². The summed E-state index contributed by atoms with van der Waals surface area (Å²) in [5.41, 5.74) is 6.84. The Morgan fingerprint density at radius 2 is 2.08 bits per heavy atom. The molecular formula is C9H7BrN2O. The molecule has 0 spiro atoms. The van der Waals surface area contributed by atoms with Gasteiger partial charge in [0, 0.05) is 21.6 Å². The average Bonchev–Trinajstić information content (AvgIpc) is 2.02. The van der Waals surface area contributed by atoms with Gasteiger partial charge in [0.2, 0.25) is 5.56 Å². The zero-order valence-corrected chi connectivity index (χ0v) is 8.26. The number of fused-ring (bicyclic) bond motifs is 1. The number of benzene rings is 1. The second-order valence-electron chi connectivity index (χ2n) is 2.79. The Morgan fingerprint density at radius 1 is 1.31 bits per heavy atom. The fourth-order valence-electron chi connectivity index (χ4n) is 1.24. The molecule has 3 nitrogen and oxygen atoms in total. The third-order valence-corrected chi connectivity index (χ3v) is 2.47. The maximum absolute atomic E-state index is 11.1. The number of hydrogen-bond acceptors (Lipinski definition) is 2. The maximum atomic E-state index is 11.1. The van der Waals surface area contributed by atoms with Gasteiger partial charge >= 0.3 is 0 Å². The molecule has 0 radical (unpaired) electrons. The molecule has 0 unspecified atom stereocenters. The molecule has 0 amide bonds. The molecule has 0 bridgehead atoms. The molecular weight excluding hydrogens is 232 g/mol. The maximum Gasteiger partial charge on any atom is 0.249 e. The third kappa shape index (κ3) is 1.45. The Hall–Kier alpha value is -1.29. The van der Waals surface area contributed by atoms with Crippen molar-refractivity contribution >= 4 is 32.5 Å². The smallest absolute Gasteiger partial charge is 0.249 e. The van der Waals surface area contributed by atoms with Crippen LogP contribution >= 0.6 is 15.9 Å². The van der Waals surface area contributed by atoms with E-state index in [1.165, 1.54) is 6.07 Å². The quantitative estimate of drug-likeness (QED) is 0.689. The van der Waals surface area contributed by atoms with Gasteiger partial charge in [-0.3, -0.25) is 4.79 Å². The standard InChI is InChI=1S/C9H7BrN2O/c10-7-4-9(13)12-8-3-5(11)1-2-6(7)8/h1-4H,11H2,(H,12,13). The molecule has 1 heterocycles. The van der Waals surface area contributed by atoms with Gasteiger partial charge in [-0.15, -0.1) is 0 Å². The number of halogens is 1. The van der Waals surface area contributed by atoms with E-state index in [0.717, 1.165) is 15.4 Å². The van der Waals surface area contributed by atoms with Crippen LogP contribution in [0.15, 0.2) is 33.5 Å². The van der Waals surface area contributed by atoms with Gasteiger partial charge in [-0.05, 0) is 34.1 Å². The van der Waals surface area contributed by atoms with Gasteiger partial charge in [0.15, 0.2) is 0 Å². The van der Waals surface area contributed by atoms with E-state index in [2.05, 4.69) is 20.9 Å². The number of aromatic amines is 1. The van der Waals surface area contributed by atoms with Crippen LogP contribution in [-0.2, 0) is 0 Å². The van der Waals surface area contributed by atoms with Crippen molar-refractivity contribution < 1.29 is 0 Å². The van der Waals surface area contributed by atoms with E-state index < -0.39 is 0 Å². The highest BCUT2D eigenvalue weighted by Crippen LogP contribution is 2.21. The summed E-state index contributed by atoms with van der Waals surface area (Å²) < 4.78 is 0.784. The zero-order valence-electron chi connectivity index (χ0n) is 6.67. The Morgan fingerprint density at radius 3 is 2.85 bits per heavy atom. The van der Waals surface area contributed by atoms with Crippen molar-refractivity contribution in [2.45, 2.75) is 0 Å². The number of nitrogens with two attached hydrogens (primary N) is 1. The monoisotopic (exact) mass is 238 g/mol. The summed E-state index contributed by atoms with van der Waals surface area (Å²) in [6, 6.07) is 6.90. The third-order valence-electron chi connectivity index (χ3n) is 1.82. The van der Waals surface area contributed by atoms with Crippen LogP contribution in [-0.4, -0.2) is 4.98 Å². The van der Waals surface area contributed by atoms with E-state index in [-0.39, 0.29) is 5.56 Å². The lowest BCUT2D eigenvalue weighted by atomic mass is 10.2. The van der Waals surface area contributed by atoms with Crippen molar-refractivity contribution in [2.24, 2.45) is 0 Å². The minimum atomic E-state index is -0.134. The molecule has 3 N–H and O–H groups in total. The molecule has 0 atom stereocenters. The topological polar surface area (TPSA) is 58.9 Å². The summed E-state index contributed by atoms with van der Waals surface area (Å²) in [6.07, 6.45) is 0. The highest BCUT2D eigenvalue weighted by molar-refractivity contribution is 9.10. The lowest BCUT2D eigenvalue weighted by Crippen LogP contribution is -2.03. The molecule has 13 heavy (non-hydrogen) atoms. The Bertz CT molecular complexity index is 518. The molecule has 1 aromatic carbocycles. The van der Waals surface area contributed by atoms with E-state index >= 15 is 0 Å². The molecule has 2 rings (SSSR count). The van der Waals surface area contributed by atoms with Gasteiger partial charge < -0.3 is 10.7 Å². The normalized spacial score (nSPS) is 10.5. The van der Waals surface area contributed by atoms with Gasteiger partial charge in [0.25, 0.3) is 0 Å². The van der Waals surface area contributed by atoms with Gasteiger partial charge in [0.1, 0.15) is 0 Å². The molecule has 1 aromatic heterocycles. The number of hydrogen-bond donors (Lipinski definition) is 2. The molecule has 0 saturated carbocycles. The first-order valence-corrected chi connectivity index (χ1v) is 4.54. The minimum Gasteiger partial charge on any atom is -0.399 e. The van der Waals surface area contributed by atoms with E-state index in [4.69, 9.17) is 5.73 Å². The zero-order chi connectivity index (χ0) is 9.42. The highest BCUT2D eigenvalue weighted by atomic mass is 79.9. The van der Waals surface area contributed by atoms with Gasteiger partial charge in [-0.1, -0.05) is 0 Å². The molecule has 0 saturated heterocycles. The van der Waals surface area contributed by atoms with E-state index in [9.17, 15) is 4.79 Å². The summed E-state index contributed by atoms with van der Waals surface area (Å²) in [5.74, 6) is 0. The Kier molecular flexibility index (Phi) is 1.84. The minimum absolute atomic E-state index is 0.134. The summed E-state index contributed by atoms with van der Waals surface area (Å²) in [7, 11) is 0. The van der Waals surface area contributed by atoms with Crippen LogP contribution in [0.2, 0.25) is 0 Å². The first kappa shape index (κ1) is 8.31. The number of rotatable bonds is 0. The number of anilines is 1. The Labute approximate surface area is 82.7 Å². The molecule has 0 aliphatic rings. The predicted molar refractivity (Wildman–Crippen MR) is 56.7 cm³/mol. The highest BCUT2D eigenvalue weighted by Gasteiger charge is 1.99. The van der Waals surface area contributed by atoms with Crippen molar-refractivity contribution in [1.29, 1.82) is 0 Å². The largest absolute Gasteiger partial charge is 0.399 e. The lowest BCUT2D eigenvalue weighted by Gasteiger charge is -2.00. The fraction of sp³-hybridized carbons (Fsp3) is 0. The molecule has 66 valence electrons. The van der Waals surface area contributed by atoms with Crippen LogP contribution in [0.3, 0.4) is 0 Å². The van der Waals surface area contributed by atoms with E-state index in [1.54, 1.807) is 12.1 Å². The van der Waals surface area contributed by atoms with Crippen LogP contribution in [0, 0.1) is 0 Å². The van der Waals surface area contributed by atoms with Crippen LogP contribution in [0.25, 0.3) is 10.9 Å². The second-order valence-corrected chi connectivity index (χ2v) is 3.64. The first-order chi connectivity index (χ1) is 6.16. The number of nitrogens with one attached hydrogen (secondary N) is 1. The van der Waals surface area contributed by atoms with Crippen molar-refractivity contribution in [1.82, 2.24) is 4.98 Å². The summed E-state index contributed by atoms with van der Waals surface area (Å²) in [4.78, 5) is 13.8. The van der Waals surface area contributed by atoms with Crippen molar-refractivity contribution in [3.63, 3.8) is 0 Å². The van der Waals surface area contributed by atoms with Gasteiger partial charge in [-0.2, -0.15) is 0 Å². The summed E-state index contributed by atoms with van der Waals surface area (Å²) in [5, 5.41) is 0.953. The number of H-pyrrole nitrogens is 1. The van der Waals surface area contributed by atoms with Crippen molar-refractivity contribution in [3.05, 3.63) is 39.1 Å². The van der Waals surface area contributed by atoms with Crippen LogP contribution in [0.4, 0.5) is 5.69 Å². The summed E-state index contributed by atoms with van der Waals surface area (Å²) in [6.45, 7) is 0. The fourth-order valence-corrected chi connectivity index (χ4v) is 1.79. The average molecular weight is 239 g/mol. The Balaban J connectivity index is 2.94. The molecule has 0 aliphatic carbocycles. The second kappa shape index (κ2) is 2.88. The SMILES string of the molecule is Nc1ccc2c(Br)cc(=O)[nH]c2c1. The molecule has 2 aromatic rings. The van der Waals surface area contributed by atoms with Crippen LogP contribution in [0.1, 0.15) is 0 Å². The lowest BCUT2D eigenvalue weighted by molar-refractivity contribution is 1.30. The molecule has 4 heteroatoms. The molecule has 0 fully saturated rings. The van der Waals surface area contributed by atoms with Crippen LogP contribution < -0.4 is 11.3 Å². The predicted octanol–water partition coefficient (Wildman–Crippen LogP) is 1.87. The van der Waals surface area contributed by atoms with E-state index in [0.29, 0.717) is 5.69 Å². The summed E-state index contributed by atoms with van der Waals surface area (Å²) >= 11 is 3.31. The van der Waals surface area contributed by atoms with E-state index in [1.807, 2.05) is 6.07 Å². The van der Waals surface area contributed by atoms with Gasteiger partial charge in [0.05, 0.1) is 5.52 Å². The van der Waals surface area contributed by atoms with Crippen molar-refractivity contribution in [3.8, 4) is 0 Å². The number of nitrogen functional groups attached to an aromatic ring is 1. The number of aromatic nitrogens is 1.